The van der Waals surface area contributed by atoms with Gasteiger partial charge in [-0.25, -0.2) is 0 Å². The van der Waals surface area contributed by atoms with Gasteiger partial charge in [-0.05, 0) is 110 Å². The van der Waals surface area contributed by atoms with Crippen molar-refractivity contribution < 1.29 is 0 Å². The molecule has 0 bridgehead atoms. The molecule has 9 atom stereocenters. The highest BCUT2D eigenvalue weighted by Crippen LogP contribution is 2.77. The summed E-state index contributed by atoms with van der Waals surface area (Å²) in [5.41, 5.74) is 3.13. The second kappa shape index (κ2) is 6.49. The van der Waals surface area contributed by atoms with Crippen LogP contribution in [0.4, 0.5) is 0 Å². The summed E-state index contributed by atoms with van der Waals surface area (Å²) in [4.78, 5) is 0. The van der Waals surface area contributed by atoms with Crippen LogP contribution in [-0.4, -0.2) is 0 Å². The second-order valence-electron chi connectivity index (χ2n) is 12.2. The lowest BCUT2D eigenvalue weighted by molar-refractivity contribution is -0.193. The molecule has 0 aliphatic heterocycles. The van der Waals surface area contributed by atoms with Crippen molar-refractivity contribution in [2.24, 2.45) is 51.2 Å². The average molecular weight is 383 g/mol. The average Bonchev–Trinajstić information content (AvgIpc) is 2.96. The molecule has 0 nitrogen and oxygen atoms in total. The Kier molecular flexibility index (Phi) is 4.81. The maximum atomic E-state index is 4.63. The van der Waals surface area contributed by atoms with Crippen LogP contribution in [0.3, 0.4) is 0 Å². The molecule has 0 radical (unpaired) electrons. The van der Waals surface area contributed by atoms with Crippen molar-refractivity contribution in [3.63, 3.8) is 0 Å². The summed E-state index contributed by atoms with van der Waals surface area (Å²) in [5, 5.41) is 0. The van der Waals surface area contributed by atoms with Crippen molar-refractivity contribution in [1.29, 1.82) is 0 Å². The van der Waals surface area contributed by atoms with Crippen LogP contribution in [0.15, 0.2) is 24.8 Å². The third-order valence-corrected chi connectivity index (χ3v) is 11.7. The van der Waals surface area contributed by atoms with E-state index in [1.165, 1.54) is 63.4 Å². The molecule has 0 heteroatoms. The van der Waals surface area contributed by atoms with Crippen molar-refractivity contribution in [2.45, 2.75) is 99.3 Å². The van der Waals surface area contributed by atoms with E-state index in [9.17, 15) is 0 Å². The number of hydrogen-bond donors (Lipinski definition) is 0. The molecule has 0 aromatic carbocycles. The van der Waals surface area contributed by atoms with E-state index in [1.54, 1.807) is 0 Å². The van der Waals surface area contributed by atoms with Gasteiger partial charge in [0.25, 0.3) is 0 Å². The van der Waals surface area contributed by atoms with E-state index in [4.69, 9.17) is 0 Å². The Bertz CT molecular complexity index is 659. The van der Waals surface area contributed by atoms with Crippen molar-refractivity contribution >= 4 is 0 Å². The van der Waals surface area contributed by atoms with Gasteiger partial charge in [-0.15, -0.1) is 6.58 Å². The normalized spacial score (nSPS) is 55.7. The zero-order chi connectivity index (χ0) is 20.5. The summed E-state index contributed by atoms with van der Waals surface area (Å²) < 4.78 is 0. The smallest absolute Gasteiger partial charge is 0.000882 e. The van der Waals surface area contributed by atoms with Gasteiger partial charge in [0.15, 0.2) is 0 Å². The monoisotopic (exact) mass is 382 g/mol. The van der Waals surface area contributed by atoms with Gasteiger partial charge < -0.3 is 0 Å². The molecule has 4 rings (SSSR count). The van der Waals surface area contributed by atoms with Gasteiger partial charge in [-0.1, -0.05) is 59.3 Å². The first-order valence-corrected chi connectivity index (χ1v) is 12.4. The Morgan fingerprint density at radius 2 is 1.71 bits per heavy atom. The summed E-state index contributed by atoms with van der Waals surface area (Å²) in [6, 6.07) is 0. The predicted molar refractivity (Wildman–Crippen MR) is 122 cm³/mol. The van der Waals surface area contributed by atoms with Gasteiger partial charge in [0, 0.05) is 0 Å². The molecule has 0 amide bonds. The summed E-state index contributed by atoms with van der Waals surface area (Å²) in [5.74, 6) is 4.22. The lowest BCUT2D eigenvalue weighted by Crippen LogP contribution is -2.63. The molecule has 28 heavy (non-hydrogen) atoms. The van der Waals surface area contributed by atoms with Crippen molar-refractivity contribution in [3.8, 4) is 0 Å². The van der Waals surface area contributed by atoms with E-state index < -0.39 is 0 Å². The Labute approximate surface area is 175 Å². The quantitative estimate of drug-likeness (QED) is 0.429. The fourth-order valence-corrected chi connectivity index (χ4v) is 10.3. The second-order valence-corrected chi connectivity index (χ2v) is 12.2. The minimum absolute atomic E-state index is 0.358. The molecule has 0 spiro atoms. The van der Waals surface area contributed by atoms with Crippen LogP contribution in [0.2, 0.25) is 0 Å². The Hall–Kier alpha value is -0.520. The minimum atomic E-state index is 0.358. The number of rotatable bonds is 3. The number of fused-ring (bicyclic) bond motifs is 5. The molecule has 0 N–H and O–H groups in total. The maximum absolute atomic E-state index is 4.63. The standard InChI is InChI=1S/C28H46/c1-9-22-12-14-25(7)24-17-21(6)26(8)18-20(5)11-15-27(26,10-2)23(24)13-16-28(22,25)19(3)4/h10,20-24H,2-3,9,11-18H2,1,4-8H3. The minimum Gasteiger partial charge on any atom is -0.102 e. The highest BCUT2D eigenvalue weighted by Gasteiger charge is 2.70. The predicted octanol–water partition coefficient (Wildman–Crippen LogP) is 8.44. The van der Waals surface area contributed by atoms with Crippen LogP contribution in [0, 0.1) is 51.2 Å². The highest BCUT2D eigenvalue weighted by atomic mass is 14.7. The van der Waals surface area contributed by atoms with Crippen LogP contribution in [0.5, 0.6) is 0 Å². The molecule has 4 aliphatic rings. The lowest BCUT2D eigenvalue weighted by Gasteiger charge is -2.70. The first kappa shape index (κ1) is 20.7. The molecule has 0 saturated heterocycles. The molecule has 0 aromatic rings. The van der Waals surface area contributed by atoms with Crippen LogP contribution >= 0.6 is 0 Å². The Balaban J connectivity index is 1.83. The zero-order valence-corrected chi connectivity index (χ0v) is 19.7. The number of hydrogen-bond acceptors (Lipinski definition) is 0. The Morgan fingerprint density at radius 1 is 1.00 bits per heavy atom. The molecule has 4 fully saturated rings. The first-order chi connectivity index (χ1) is 13.1. The summed E-state index contributed by atoms with van der Waals surface area (Å²) in [7, 11) is 0. The van der Waals surface area contributed by atoms with Crippen LogP contribution in [-0.2, 0) is 0 Å². The summed E-state index contributed by atoms with van der Waals surface area (Å²) in [6.07, 6.45) is 15.1. The third kappa shape index (κ3) is 2.19. The van der Waals surface area contributed by atoms with E-state index in [1.807, 2.05) is 0 Å². The van der Waals surface area contributed by atoms with Crippen molar-refractivity contribution in [3.05, 3.63) is 24.8 Å². The molecular weight excluding hydrogens is 336 g/mol. The van der Waals surface area contributed by atoms with E-state index in [0.29, 0.717) is 21.7 Å². The highest BCUT2D eigenvalue weighted by molar-refractivity contribution is 5.28. The molecular formula is C28H46. The fourth-order valence-electron chi connectivity index (χ4n) is 10.3. The molecule has 4 saturated carbocycles. The van der Waals surface area contributed by atoms with Crippen molar-refractivity contribution in [2.75, 3.05) is 0 Å². The van der Waals surface area contributed by atoms with Gasteiger partial charge >= 0.3 is 0 Å². The third-order valence-electron chi connectivity index (χ3n) is 11.7. The maximum Gasteiger partial charge on any atom is -0.000882 e. The van der Waals surface area contributed by atoms with E-state index >= 15 is 0 Å². The van der Waals surface area contributed by atoms with Gasteiger partial charge in [0.1, 0.15) is 0 Å². The molecule has 0 heterocycles. The molecule has 158 valence electrons. The van der Waals surface area contributed by atoms with Gasteiger partial charge in [0.2, 0.25) is 0 Å². The molecule has 0 aromatic heterocycles. The van der Waals surface area contributed by atoms with Gasteiger partial charge in [-0.3, -0.25) is 0 Å². The van der Waals surface area contributed by atoms with E-state index in [0.717, 1.165) is 29.6 Å². The number of allylic oxidation sites excluding steroid dienone is 2. The topological polar surface area (TPSA) is 0 Å². The van der Waals surface area contributed by atoms with Gasteiger partial charge in [0.05, 0.1) is 0 Å². The van der Waals surface area contributed by atoms with Gasteiger partial charge in [-0.2, -0.15) is 0 Å². The zero-order valence-electron chi connectivity index (χ0n) is 19.7. The van der Waals surface area contributed by atoms with E-state index in [-0.39, 0.29) is 0 Å². The summed E-state index contributed by atoms with van der Waals surface area (Å²) in [6.45, 7) is 24.4. The molecule has 4 aliphatic carbocycles. The van der Waals surface area contributed by atoms with Crippen LogP contribution in [0.1, 0.15) is 99.3 Å². The van der Waals surface area contributed by atoms with Crippen molar-refractivity contribution in [1.82, 2.24) is 0 Å². The largest absolute Gasteiger partial charge is 0.102 e. The first-order valence-electron chi connectivity index (χ1n) is 12.4. The Morgan fingerprint density at radius 3 is 2.32 bits per heavy atom. The summed E-state index contributed by atoms with van der Waals surface area (Å²) >= 11 is 0. The fraction of sp³-hybridized carbons (Fsp3) is 0.857. The SMILES string of the molecule is C=CC12CCC(C)CC1(C)C(C)CC1C2CCC2(C(=C)C)C(CC)CCC12C. The molecule has 9 unspecified atom stereocenters. The van der Waals surface area contributed by atoms with Crippen LogP contribution < -0.4 is 0 Å². The van der Waals surface area contributed by atoms with E-state index in [2.05, 4.69) is 60.8 Å². The lowest BCUT2D eigenvalue weighted by atomic mass is 9.34. The van der Waals surface area contributed by atoms with Crippen LogP contribution in [0.25, 0.3) is 0 Å².